The molecule has 2 heterocycles. The summed E-state index contributed by atoms with van der Waals surface area (Å²) < 4.78 is 39.6. The van der Waals surface area contributed by atoms with Gasteiger partial charge in [-0.05, 0) is 24.1 Å². The minimum atomic E-state index is -4.54. The quantitative estimate of drug-likeness (QED) is 0.441. The lowest BCUT2D eigenvalue weighted by Gasteiger charge is -2.13. The molecule has 0 unspecified atom stereocenters. The summed E-state index contributed by atoms with van der Waals surface area (Å²) in [5.41, 5.74) is 3.52. The van der Waals surface area contributed by atoms with E-state index in [1.807, 2.05) is 0 Å². The average Bonchev–Trinajstić information content (AvgIpc) is 3.22. The normalized spacial score (nSPS) is 11.3. The Hall–Kier alpha value is -4.29. The molecule has 172 valence electrons. The molecule has 0 aliphatic heterocycles. The summed E-state index contributed by atoms with van der Waals surface area (Å²) in [6, 6.07) is 6.92. The molecule has 10 nitrogen and oxygen atoms in total. The maximum absolute atomic E-state index is 12.8. The fourth-order valence-electron chi connectivity index (χ4n) is 2.96. The van der Waals surface area contributed by atoms with Gasteiger partial charge in [0.15, 0.2) is 5.82 Å². The number of pyridine rings is 1. The number of nitrogens with zero attached hydrogens (tertiary/aromatic N) is 4. The van der Waals surface area contributed by atoms with Crippen molar-refractivity contribution in [2.24, 2.45) is 0 Å². The van der Waals surface area contributed by atoms with Crippen LogP contribution in [0.5, 0.6) is 0 Å². The summed E-state index contributed by atoms with van der Waals surface area (Å²) in [5, 5.41) is 14.9. The molecule has 2 N–H and O–H groups in total. The molecule has 0 saturated carbocycles. The van der Waals surface area contributed by atoms with Gasteiger partial charge in [-0.15, -0.1) is 0 Å². The summed E-state index contributed by atoms with van der Waals surface area (Å²) in [4.78, 5) is 38.9. The van der Waals surface area contributed by atoms with Crippen LogP contribution in [0.2, 0.25) is 0 Å². The molecular weight excluding hydrogens is 445 g/mol. The van der Waals surface area contributed by atoms with Gasteiger partial charge in [0, 0.05) is 23.9 Å². The second-order valence-electron chi connectivity index (χ2n) is 7.13. The zero-order chi connectivity index (χ0) is 24.3. The number of amides is 2. The number of hydrogen-bond acceptors (Lipinski definition) is 6. The number of nitrogens with one attached hydrogen (secondary N) is 2. The summed E-state index contributed by atoms with van der Waals surface area (Å²) in [6.07, 6.45) is -2.68. The third-order valence-corrected chi connectivity index (χ3v) is 4.50. The van der Waals surface area contributed by atoms with E-state index in [1.54, 1.807) is 13.8 Å². The van der Waals surface area contributed by atoms with Crippen LogP contribution in [-0.2, 0) is 6.18 Å². The smallest absolute Gasteiger partial charge is 0.267 e. The van der Waals surface area contributed by atoms with Crippen molar-refractivity contribution in [1.29, 1.82) is 0 Å². The van der Waals surface area contributed by atoms with Crippen molar-refractivity contribution in [3.63, 3.8) is 0 Å². The van der Waals surface area contributed by atoms with E-state index in [0.717, 1.165) is 18.2 Å². The first-order valence-electron chi connectivity index (χ1n) is 9.45. The first-order chi connectivity index (χ1) is 15.5. The standard InChI is InChI=1S/C20H17F3N6O4/c1-11(2)17-15(10-25-28(17)16-7-6-13(9-24-16)20(21,22)23)19(31)27-26-18(30)12-4-3-5-14(8-12)29(32)33/h3-11H,1-2H3,(H,26,30)(H,27,31). The molecule has 0 fully saturated rings. The Morgan fingerprint density at radius 3 is 2.36 bits per heavy atom. The van der Waals surface area contributed by atoms with Crippen LogP contribution in [0.3, 0.4) is 0 Å². The highest BCUT2D eigenvalue weighted by molar-refractivity contribution is 5.99. The van der Waals surface area contributed by atoms with Crippen LogP contribution in [0.15, 0.2) is 48.8 Å². The van der Waals surface area contributed by atoms with E-state index < -0.39 is 28.5 Å². The second kappa shape index (κ2) is 9.06. The number of aromatic nitrogens is 3. The summed E-state index contributed by atoms with van der Waals surface area (Å²) in [7, 11) is 0. The zero-order valence-corrected chi connectivity index (χ0v) is 17.3. The number of nitro groups is 1. The van der Waals surface area contributed by atoms with Crippen molar-refractivity contribution in [1.82, 2.24) is 25.6 Å². The molecule has 3 rings (SSSR count). The minimum Gasteiger partial charge on any atom is -0.267 e. The third-order valence-electron chi connectivity index (χ3n) is 4.50. The van der Waals surface area contributed by atoms with E-state index in [4.69, 9.17) is 0 Å². The van der Waals surface area contributed by atoms with E-state index >= 15 is 0 Å². The lowest BCUT2D eigenvalue weighted by molar-refractivity contribution is -0.384. The van der Waals surface area contributed by atoms with E-state index in [9.17, 15) is 32.9 Å². The minimum absolute atomic E-state index is 0.0433. The largest absolute Gasteiger partial charge is 0.417 e. The first-order valence-corrected chi connectivity index (χ1v) is 9.45. The van der Waals surface area contributed by atoms with E-state index in [1.165, 1.54) is 29.1 Å². The maximum Gasteiger partial charge on any atom is 0.417 e. The van der Waals surface area contributed by atoms with Gasteiger partial charge >= 0.3 is 6.18 Å². The molecular formula is C20H17F3N6O4. The molecule has 0 radical (unpaired) electrons. The summed E-state index contributed by atoms with van der Waals surface area (Å²) in [5.74, 6) is -1.73. The highest BCUT2D eigenvalue weighted by Gasteiger charge is 2.31. The summed E-state index contributed by atoms with van der Waals surface area (Å²) in [6.45, 7) is 3.49. The van der Waals surface area contributed by atoms with Gasteiger partial charge in [0.25, 0.3) is 17.5 Å². The average molecular weight is 462 g/mol. The Kier molecular flexibility index (Phi) is 6.42. The molecule has 0 aliphatic rings. The van der Waals surface area contributed by atoms with Crippen molar-refractivity contribution < 1.29 is 27.7 Å². The van der Waals surface area contributed by atoms with Crippen molar-refractivity contribution in [2.75, 3.05) is 0 Å². The van der Waals surface area contributed by atoms with Crippen LogP contribution in [0.4, 0.5) is 18.9 Å². The fraction of sp³-hybridized carbons (Fsp3) is 0.200. The van der Waals surface area contributed by atoms with Crippen LogP contribution >= 0.6 is 0 Å². The zero-order valence-electron chi connectivity index (χ0n) is 17.3. The van der Waals surface area contributed by atoms with Crippen LogP contribution in [-0.4, -0.2) is 31.5 Å². The first kappa shape index (κ1) is 23.4. The molecule has 0 saturated heterocycles. The van der Waals surface area contributed by atoms with E-state index in [-0.39, 0.29) is 28.6 Å². The number of hydrazine groups is 1. The Bertz CT molecular complexity index is 1210. The monoisotopic (exact) mass is 462 g/mol. The van der Waals surface area contributed by atoms with Gasteiger partial charge in [0.1, 0.15) is 0 Å². The molecule has 13 heteroatoms. The number of alkyl halides is 3. The summed E-state index contributed by atoms with van der Waals surface area (Å²) >= 11 is 0. The van der Waals surface area contributed by atoms with Gasteiger partial charge in [-0.3, -0.25) is 30.6 Å². The van der Waals surface area contributed by atoms with Crippen molar-refractivity contribution in [3.8, 4) is 5.82 Å². The van der Waals surface area contributed by atoms with Crippen LogP contribution < -0.4 is 10.9 Å². The molecule has 33 heavy (non-hydrogen) atoms. The molecule has 1 aromatic carbocycles. The van der Waals surface area contributed by atoms with Gasteiger partial charge in [-0.2, -0.15) is 18.3 Å². The number of halogens is 3. The second-order valence-corrected chi connectivity index (χ2v) is 7.13. The van der Waals surface area contributed by atoms with Gasteiger partial charge in [-0.25, -0.2) is 9.67 Å². The lowest BCUT2D eigenvalue weighted by Crippen LogP contribution is -2.42. The Balaban J connectivity index is 1.80. The molecule has 0 aliphatic carbocycles. The van der Waals surface area contributed by atoms with E-state index in [2.05, 4.69) is 20.9 Å². The highest BCUT2D eigenvalue weighted by Crippen LogP contribution is 2.29. The molecule has 0 bridgehead atoms. The SMILES string of the molecule is CC(C)c1c(C(=O)NNC(=O)c2cccc([N+](=O)[O-])c2)cnn1-c1ccc(C(F)(F)F)cn1. The maximum atomic E-state index is 12.8. The third kappa shape index (κ3) is 5.14. The number of rotatable bonds is 5. The van der Waals surface area contributed by atoms with Crippen molar-refractivity contribution >= 4 is 17.5 Å². The fourth-order valence-corrected chi connectivity index (χ4v) is 2.96. The Labute approximate surface area is 184 Å². The highest BCUT2D eigenvalue weighted by atomic mass is 19.4. The molecule has 0 atom stereocenters. The van der Waals surface area contributed by atoms with Crippen molar-refractivity contribution in [3.05, 3.63) is 81.3 Å². The number of carbonyl (C=O) groups is 2. The number of carbonyl (C=O) groups excluding carboxylic acids is 2. The Morgan fingerprint density at radius 2 is 1.79 bits per heavy atom. The molecule has 3 aromatic rings. The number of nitro benzene ring substituents is 1. The molecule has 2 aromatic heterocycles. The van der Waals surface area contributed by atoms with Gasteiger partial charge in [0.2, 0.25) is 0 Å². The Morgan fingerprint density at radius 1 is 1.09 bits per heavy atom. The van der Waals surface area contributed by atoms with E-state index in [0.29, 0.717) is 11.9 Å². The van der Waals surface area contributed by atoms with Gasteiger partial charge in [0.05, 0.1) is 27.9 Å². The van der Waals surface area contributed by atoms with Gasteiger partial charge < -0.3 is 0 Å². The number of benzene rings is 1. The molecule has 2 amide bonds. The van der Waals surface area contributed by atoms with Crippen LogP contribution in [0.25, 0.3) is 5.82 Å². The topological polar surface area (TPSA) is 132 Å². The number of non-ortho nitro benzene ring substituents is 1. The molecule has 0 spiro atoms. The lowest BCUT2D eigenvalue weighted by atomic mass is 10.1. The van der Waals surface area contributed by atoms with Crippen LogP contribution in [0.1, 0.15) is 51.7 Å². The number of hydrogen-bond donors (Lipinski definition) is 2. The predicted molar refractivity (Wildman–Crippen MR) is 108 cm³/mol. The van der Waals surface area contributed by atoms with Crippen molar-refractivity contribution in [2.45, 2.75) is 25.9 Å². The predicted octanol–water partition coefficient (Wildman–Crippen LogP) is 3.39. The van der Waals surface area contributed by atoms with Crippen LogP contribution in [0, 0.1) is 10.1 Å². The van der Waals surface area contributed by atoms with Gasteiger partial charge in [-0.1, -0.05) is 19.9 Å².